The first kappa shape index (κ1) is 28.8. The maximum absolute atomic E-state index is 5.42. The van der Waals surface area contributed by atoms with Gasteiger partial charge in [-0.1, -0.05) is 133 Å². The van der Waals surface area contributed by atoms with Crippen molar-refractivity contribution in [2.75, 3.05) is 24.7 Å². The average Bonchev–Trinajstić information content (AvgIpc) is 3.15. The summed E-state index contributed by atoms with van der Waals surface area (Å²) in [5, 5.41) is 6.47. The lowest BCUT2D eigenvalue weighted by molar-refractivity contribution is 1.21. The Morgan fingerprint density at radius 3 is 0.957 bits per heavy atom. The number of benzene rings is 6. The fraction of sp³-hybridized carbons (Fsp3) is 0.0476. The van der Waals surface area contributed by atoms with Crippen molar-refractivity contribution in [1.82, 2.24) is 9.97 Å². The molecule has 0 spiro atoms. The molecule has 1 aromatic heterocycles. The van der Waals surface area contributed by atoms with Crippen LogP contribution in [0.15, 0.2) is 158 Å². The van der Waals surface area contributed by atoms with Crippen LogP contribution in [0.5, 0.6) is 0 Å². The molecule has 7 aromatic rings. The highest BCUT2D eigenvalue weighted by atomic mass is 14.9. The summed E-state index contributed by atoms with van der Waals surface area (Å²) in [6, 6.07) is 54.9. The van der Waals surface area contributed by atoms with Gasteiger partial charge in [-0.2, -0.15) is 0 Å². The summed E-state index contributed by atoms with van der Waals surface area (Å²) >= 11 is 0. The summed E-state index contributed by atoms with van der Waals surface area (Å²) in [4.78, 5) is 10.8. The summed E-state index contributed by atoms with van der Waals surface area (Å²) in [5.74, 6) is 0. The van der Waals surface area contributed by atoms with Gasteiger partial charge in [-0.25, -0.2) is 9.97 Å². The molecular weight excluding hydrogens is 560 g/mol. The van der Waals surface area contributed by atoms with Crippen LogP contribution in [0.3, 0.4) is 0 Å². The molecule has 0 unspecified atom stereocenters. The maximum Gasteiger partial charge on any atom is 0.0973 e. The first-order valence-electron chi connectivity index (χ1n) is 15.5. The minimum Gasteiger partial charge on any atom is -0.388 e. The summed E-state index contributed by atoms with van der Waals surface area (Å²) in [5.41, 5.74) is 14.3. The third-order valence-corrected chi connectivity index (χ3v) is 8.28. The van der Waals surface area contributed by atoms with Gasteiger partial charge >= 0.3 is 0 Å². The van der Waals surface area contributed by atoms with Gasteiger partial charge in [0.15, 0.2) is 0 Å². The second kappa shape index (κ2) is 12.9. The Hall–Kier alpha value is -6.00. The summed E-state index contributed by atoms with van der Waals surface area (Å²) in [7, 11) is 3.88. The zero-order chi connectivity index (χ0) is 31.3. The highest BCUT2D eigenvalue weighted by Gasteiger charge is 2.19. The fourth-order valence-electron chi connectivity index (χ4n) is 5.78. The van der Waals surface area contributed by atoms with Gasteiger partial charge in [0.2, 0.25) is 0 Å². The van der Waals surface area contributed by atoms with Crippen LogP contribution >= 0.6 is 0 Å². The quantitative estimate of drug-likeness (QED) is 0.184. The van der Waals surface area contributed by atoms with E-state index in [2.05, 4.69) is 156 Å². The molecule has 0 amide bonds. The second-order valence-electron chi connectivity index (χ2n) is 11.2. The van der Waals surface area contributed by atoms with Crippen molar-refractivity contribution in [3.05, 3.63) is 158 Å². The van der Waals surface area contributed by atoms with Gasteiger partial charge in [0.05, 0.1) is 22.8 Å². The van der Waals surface area contributed by atoms with Crippen molar-refractivity contribution in [1.29, 1.82) is 0 Å². The zero-order valence-electron chi connectivity index (χ0n) is 25.9. The molecule has 222 valence electrons. The summed E-state index contributed by atoms with van der Waals surface area (Å²) in [6.07, 6.45) is 0. The van der Waals surface area contributed by atoms with E-state index >= 15 is 0 Å². The molecule has 0 bridgehead atoms. The first-order valence-corrected chi connectivity index (χ1v) is 15.5. The Morgan fingerprint density at radius 1 is 0.304 bits per heavy atom. The molecule has 7 rings (SSSR count). The van der Waals surface area contributed by atoms with E-state index < -0.39 is 0 Å². The van der Waals surface area contributed by atoms with Crippen LogP contribution in [0.4, 0.5) is 11.4 Å². The smallest absolute Gasteiger partial charge is 0.0973 e. The minimum absolute atomic E-state index is 0.852. The monoisotopic (exact) mass is 594 g/mol. The topological polar surface area (TPSA) is 49.8 Å². The molecule has 0 saturated carbocycles. The van der Waals surface area contributed by atoms with Crippen molar-refractivity contribution in [2.45, 2.75) is 0 Å². The van der Waals surface area contributed by atoms with E-state index in [1.807, 2.05) is 26.2 Å². The van der Waals surface area contributed by atoms with Gasteiger partial charge in [0, 0.05) is 47.7 Å². The molecule has 0 saturated heterocycles. The van der Waals surface area contributed by atoms with E-state index in [-0.39, 0.29) is 0 Å². The molecule has 6 aromatic carbocycles. The summed E-state index contributed by atoms with van der Waals surface area (Å²) < 4.78 is 0. The Balaban J connectivity index is 1.38. The van der Waals surface area contributed by atoms with E-state index in [1.54, 1.807) is 0 Å². The largest absolute Gasteiger partial charge is 0.388 e. The average molecular weight is 595 g/mol. The van der Waals surface area contributed by atoms with E-state index in [0.717, 1.165) is 78.7 Å². The predicted molar refractivity (Wildman–Crippen MR) is 194 cm³/mol. The van der Waals surface area contributed by atoms with Crippen molar-refractivity contribution in [3.63, 3.8) is 0 Å². The number of hydrogen-bond donors (Lipinski definition) is 2. The molecule has 4 heteroatoms. The Labute approximate surface area is 270 Å². The second-order valence-corrected chi connectivity index (χ2v) is 11.2. The highest BCUT2D eigenvalue weighted by Crippen LogP contribution is 2.38. The number of hydrogen-bond acceptors (Lipinski definition) is 4. The molecule has 0 aliphatic carbocycles. The van der Waals surface area contributed by atoms with Crippen LogP contribution in [0.2, 0.25) is 0 Å². The Morgan fingerprint density at radius 2 is 0.609 bits per heavy atom. The van der Waals surface area contributed by atoms with Crippen molar-refractivity contribution >= 4 is 11.4 Å². The van der Waals surface area contributed by atoms with Crippen LogP contribution in [0, 0.1) is 0 Å². The Bertz CT molecular complexity index is 1930. The van der Waals surface area contributed by atoms with Gasteiger partial charge in [-0.15, -0.1) is 0 Å². The van der Waals surface area contributed by atoms with Crippen LogP contribution in [0.1, 0.15) is 0 Å². The lowest BCUT2D eigenvalue weighted by Gasteiger charge is -2.16. The third-order valence-electron chi connectivity index (χ3n) is 8.28. The molecule has 1 heterocycles. The minimum atomic E-state index is 0.852. The van der Waals surface area contributed by atoms with E-state index in [0.29, 0.717) is 0 Å². The lowest BCUT2D eigenvalue weighted by atomic mass is 9.97. The number of nitrogens with zero attached hydrogens (tertiary/aromatic N) is 2. The molecule has 0 aliphatic heterocycles. The van der Waals surface area contributed by atoms with Crippen LogP contribution in [-0.2, 0) is 0 Å². The molecular formula is C42H34N4. The van der Waals surface area contributed by atoms with Crippen molar-refractivity contribution < 1.29 is 0 Å². The van der Waals surface area contributed by atoms with E-state index in [9.17, 15) is 0 Å². The van der Waals surface area contributed by atoms with Crippen molar-refractivity contribution in [3.8, 4) is 67.3 Å². The standard InChI is InChI=1S/C42H34N4/c1-43-37-17-9-15-35(27-37)29-19-23-33(24-20-29)41-39(31-11-5-3-6-12-31)46-42(40(45-41)32-13-7-4-8-14-32)34-25-21-30(22-26-34)36-16-10-18-38(28-36)44-2/h3-28,43-44H,1-2H3. The molecule has 4 nitrogen and oxygen atoms in total. The maximum atomic E-state index is 5.42. The predicted octanol–water partition coefficient (Wildman–Crippen LogP) is 10.6. The number of nitrogens with one attached hydrogen (secondary N) is 2. The van der Waals surface area contributed by atoms with Gasteiger partial charge < -0.3 is 10.6 Å². The van der Waals surface area contributed by atoms with E-state index in [1.165, 1.54) is 0 Å². The molecule has 0 fully saturated rings. The SMILES string of the molecule is CNc1cccc(-c2ccc(-c3nc(-c4ccccc4)c(-c4ccc(-c5cccc(NC)c5)cc4)nc3-c3ccccc3)cc2)c1. The molecule has 0 atom stereocenters. The third kappa shape index (κ3) is 5.89. The molecule has 46 heavy (non-hydrogen) atoms. The van der Waals surface area contributed by atoms with Crippen molar-refractivity contribution in [2.24, 2.45) is 0 Å². The fourth-order valence-corrected chi connectivity index (χ4v) is 5.78. The highest BCUT2D eigenvalue weighted by molar-refractivity contribution is 5.87. The van der Waals surface area contributed by atoms with Crippen LogP contribution in [-0.4, -0.2) is 24.1 Å². The van der Waals surface area contributed by atoms with E-state index in [4.69, 9.17) is 9.97 Å². The van der Waals surface area contributed by atoms with Crippen LogP contribution < -0.4 is 10.6 Å². The molecule has 0 radical (unpaired) electrons. The number of rotatable bonds is 8. The normalized spacial score (nSPS) is 10.8. The zero-order valence-corrected chi connectivity index (χ0v) is 25.9. The van der Waals surface area contributed by atoms with Gasteiger partial charge in [-0.05, 0) is 46.5 Å². The first-order chi connectivity index (χ1) is 22.7. The lowest BCUT2D eigenvalue weighted by Crippen LogP contribution is -2.01. The molecule has 2 N–H and O–H groups in total. The number of aromatic nitrogens is 2. The molecule has 0 aliphatic rings. The van der Waals surface area contributed by atoms with Gasteiger partial charge in [0.1, 0.15) is 0 Å². The van der Waals surface area contributed by atoms with Gasteiger partial charge in [-0.3, -0.25) is 0 Å². The van der Waals surface area contributed by atoms with Gasteiger partial charge in [0.25, 0.3) is 0 Å². The Kier molecular flexibility index (Phi) is 8.08. The van der Waals surface area contributed by atoms with Crippen LogP contribution in [0.25, 0.3) is 67.3 Å². The number of anilines is 2. The summed E-state index contributed by atoms with van der Waals surface area (Å²) in [6.45, 7) is 0.